The lowest BCUT2D eigenvalue weighted by molar-refractivity contribution is 0.529. The fraction of sp³-hybridized carbons (Fsp3) is 0.429. The zero-order valence-corrected chi connectivity index (χ0v) is 12.5. The van der Waals surface area contributed by atoms with E-state index < -0.39 is 0 Å². The molecule has 0 spiro atoms. The molecule has 2 aromatic rings. The Hall–Kier alpha value is -1.55. The number of rotatable bonds is 4. The van der Waals surface area contributed by atoms with Crippen LogP contribution < -0.4 is 4.90 Å². The summed E-state index contributed by atoms with van der Waals surface area (Å²) >= 11 is 6.16. The van der Waals surface area contributed by atoms with Gasteiger partial charge in [-0.15, -0.1) is 0 Å². The van der Waals surface area contributed by atoms with Crippen LogP contribution in [0.4, 0.5) is 5.82 Å². The molecule has 4 nitrogen and oxygen atoms in total. The van der Waals surface area contributed by atoms with E-state index in [4.69, 9.17) is 16.0 Å². The van der Waals surface area contributed by atoms with Crippen LogP contribution in [0.5, 0.6) is 0 Å². The predicted molar refractivity (Wildman–Crippen MR) is 76.7 cm³/mol. The van der Waals surface area contributed by atoms with Crippen molar-refractivity contribution in [3.05, 3.63) is 40.2 Å². The lowest BCUT2D eigenvalue weighted by Crippen LogP contribution is -2.20. The van der Waals surface area contributed by atoms with E-state index in [1.165, 1.54) is 0 Å². The third kappa shape index (κ3) is 2.89. The number of anilines is 1. The van der Waals surface area contributed by atoms with Gasteiger partial charge in [-0.2, -0.15) is 0 Å². The molecular weight excluding hydrogens is 262 g/mol. The van der Waals surface area contributed by atoms with Crippen LogP contribution in [0.3, 0.4) is 0 Å². The summed E-state index contributed by atoms with van der Waals surface area (Å²) in [7, 11) is 2.00. The largest absolute Gasteiger partial charge is 0.469 e. The average Bonchev–Trinajstić information content (AvgIpc) is 2.78. The van der Waals surface area contributed by atoms with E-state index in [-0.39, 0.29) is 0 Å². The van der Waals surface area contributed by atoms with E-state index in [0.29, 0.717) is 5.15 Å². The van der Waals surface area contributed by atoms with Crippen molar-refractivity contribution in [1.29, 1.82) is 0 Å². The molecule has 102 valence electrons. The minimum absolute atomic E-state index is 0.526. The molecule has 2 aromatic heterocycles. The minimum Gasteiger partial charge on any atom is -0.469 e. The van der Waals surface area contributed by atoms with Crippen molar-refractivity contribution in [2.75, 3.05) is 11.9 Å². The number of aryl methyl sites for hydroxylation is 2. The Morgan fingerprint density at radius 2 is 2.05 bits per heavy atom. The van der Waals surface area contributed by atoms with Gasteiger partial charge in [0.2, 0.25) is 0 Å². The first kappa shape index (κ1) is 13.9. The molecule has 2 rings (SSSR count). The molecule has 5 heteroatoms. The number of furan rings is 1. The van der Waals surface area contributed by atoms with E-state index in [9.17, 15) is 0 Å². The number of aromatic nitrogens is 2. The van der Waals surface area contributed by atoms with Gasteiger partial charge in [-0.1, -0.05) is 18.5 Å². The van der Waals surface area contributed by atoms with E-state index in [0.717, 1.165) is 41.5 Å². The van der Waals surface area contributed by atoms with Crippen LogP contribution in [0.25, 0.3) is 0 Å². The maximum absolute atomic E-state index is 6.16. The molecule has 2 heterocycles. The summed E-state index contributed by atoms with van der Waals surface area (Å²) in [4.78, 5) is 10.9. The van der Waals surface area contributed by atoms with Gasteiger partial charge in [0.05, 0.1) is 6.26 Å². The van der Waals surface area contributed by atoms with Gasteiger partial charge < -0.3 is 9.32 Å². The van der Waals surface area contributed by atoms with Crippen molar-refractivity contribution in [2.24, 2.45) is 0 Å². The van der Waals surface area contributed by atoms with Crippen LogP contribution in [0, 0.1) is 13.8 Å². The molecule has 19 heavy (non-hydrogen) atoms. The van der Waals surface area contributed by atoms with Gasteiger partial charge >= 0.3 is 0 Å². The highest BCUT2D eigenvalue weighted by molar-refractivity contribution is 6.30. The standard InChI is InChI=1S/C14H18ClN3O/c1-5-12-16-13(15)9(2)14(17-12)18(4)8-11-6-7-19-10(11)3/h6-7H,5,8H2,1-4H3. The van der Waals surface area contributed by atoms with E-state index >= 15 is 0 Å². The first-order chi connectivity index (χ1) is 9.02. The fourth-order valence-corrected chi connectivity index (χ4v) is 2.14. The summed E-state index contributed by atoms with van der Waals surface area (Å²) in [5, 5.41) is 0.526. The first-order valence-corrected chi connectivity index (χ1v) is 6.67. The van der Waals surface area contributed by atoms with Gasteiger partial charge in [-0.05, 0) is 19.9 Å². The molecule has 0 N–H and O–H groups in total. The molecule has 0 fully saturated rings. The van der Waals surface area contributed by atoms with Crippen LogP contribution in [-0.2, 0) is 13.0 Å². The number of halogens is 1. The lowest BCUT2D eigenvalue weighted by Gasteiger charge is -2.20. The molecular formula is C14H18ClN3O. The van der Waals surface area contributed by atoms with Crippen LogP contribution in [0.15, 0.2) is 16.7 Å². The zero-order valence-electron chi connectivity index (χ0n) is 11.7. The third-order valence-corrected chi connectivity index (χ3v) is 3.53. The second-order valence-corrected chi connectivity index (χ2v) is 4.95. The normalized spacial score (nSPS) is 10.8. The molecule has 0 aliphatic heterocycles. The lowest BCUT2D eigenvalue weighted by atomic mass is 10.2. The predicted octanol–water partition coefficient (Wildman–Crippen LogP) is 3.54. The Kier molecular flexibility index (Phi) is 4.10. The topological polar surface area (TPSA) is 42.2 Å². The van der Waals surface area contributed by atoms with E-state index in [2.05, 4.69) is 14.9 Å². The van der Waals surface area contributed by atoms with Crippen molar-refractivity contribution >= 4 is 17.4 Å². The summed E-state index contributed by atoms with van der Waals surface area (Å²) in [6.07, 6.45) is 2.47. The number of hydrogen-bond donors (Lipinski definition) is 0. The van der Waals surface area contributed by atoms with Crippen molar-refractivity contribution in [1.82, 2.24) is 9.97 Å². The smallest absolute Gasteiger partial charge is 0.137 e. The van der Waals surface area contributed by atoms with Gasteiger partial charge in [0.15, 0.2) is 0 Å². The maximum Gasteiger partial charge on any atom is 0.137 e. The van der Waals surface area contributed by atoms with Gasteiger partial charge in [0, 0.05) is 31.1 Å². The number of hydrogen-bond acceptors (Lipinski definition) is 4. The Morgan fingerprint density at radius 1 is 1.32 bits per heavy atom. The monoisotopic (exact) mass is 279 g/mol. The molecule has 0 bridgehead atoms. The van der Waals surface area contributed by atoms with Crippen LogP contribution in [0.2, 0.25) is 5.15 Å². The van der Waals surface area contributed by atoms with Crippen LogP contribution in [0.1, 0.15) is 29.6 Å². The van der Waals surface area contributed by atoms with Gasteiger partial charge in [0.1, 0.15) is 22.6 Å². The van der Waals surface area contributed by atoms with Crippen molar-refractivity contribution in [3.63, 3.8) is 0 Å². The van der Waals surface area contributed by atoms with E-state index in [1.54, 1.807) is 6.26 Å². The van der Waals surface area contributed by atoms with Crippen LogP contribution >= 0.6 is 11.6 Å². The van der Waals surface area contributed by atoms with Gasteiger partial charge in [0.25, 0.3) is 0 Å². The van der Waals surface area contributed by atoms with Gasteiger partial charge in [-0.25, -0.2) is 9.97 Å². The minimum atomic E-state index is 0.526. The van der Waals surface area contributed by atoms with Crippen LogP contribution in [-0.4, -0.2) is 17.0 Å². The Bertz CT molecular complexity index is 580. The zero-order chi connectivity index (χ0) is 14.0. The molecule has 0 unspecified atom stereocenters. The van der Waals surface area contributed by atoms with Gasteiger partial charge in [-0.3, -0.25) is 0 Å². The molecule has 0 aliphatic rings. The highest BCUT2D eigenvalue weighted by Crippen LogP contribution is 2.24. The second-order valence-electron chi connectivity index (χ2n) is 4.59. The summed E-state index contributed by atoms with van der Waals surface area (Å²) in [5.41, 5.74) is 2.05. The molecule has 0 amide bonds. The fourth-order valence-electron chi connectivity index (χ4n) is 1.96. The SMILES string of the molecule is CCc1nc(Cl)c(C)c(N(C)Cc2ccoc2C)n1. The van der Waals surface area contributed by atoms with Crippen molar-refractivity contribution < 1.29 is 4.42 Å². The highest BCUT2D eigenvalue weighted by atomic mass is 35.5. The first-order valence-electron chi connectivity index (χ1n) is 6.30. The summed E-state index contributed by atoms with van der Waals surface area (Å²) < 4.78 is 5.31. The molecule has 0 saturated carbocycles. The Balaban J connectivity index is 2.30. The molecule has 0 radical (unpaired) electrons. The third-order valence-electron chi connectivity index (χ3n) is 3.16. The highest BCUT2D eigenvalue weighted by Gasteiger charge is 2.14. The maximum atomic E-state index is 6.16. The Labute approximate surface area is 118 Å². The summed E-state index contributed by atoms with van der Waals surface area (Å²) in [6, 6.07) is 1.98. The average molecular weight is 280 g/mol. The Morgan fingerprint density at radius 3 is 2.63 bits per heavy atom. The molecule has 0 aliphatic carbocycles. The second kappa shape index (κ2) is 5.61. The van der Waals surface area contributed by atoms with Crippen molar-refractivity contribution in [3.8, 4) is 0 Å². The molecule has 0 aromatic carbocycles. The van der Waals surface area contributed by atoms with Crippen molar-refractivity contribution in [2.45, 2.75) is 33.7 Å². The quantitative estimate of drug-likeness (QED) is 0.803. The number of nitrogens with zero attached hydrogens (tertiary/aromatic N) is 3. The molecule has 0 atom stereocenters. The van der Waals surface area contributed by atoms with E-state index in [1.807, 2.05) is 33.9 Å². The molecule has 0 saturated heterocycles. The summed E-state index contributed by atoms with van der Waals surface area (Å²) in [5.74, 6) is 2.57. The summed E-state index contributed by atoms with van der Waals surface area (Å²) in [6.45, 7) is 6.65.